The molecule has 2 aromatic carbocycles. The van der Waals surface area contributed by atoms with E-state index in [-0.39, 0.29) is 17.2 Å². The molecule has 6 heteroatoms. The van der Waals surface area contributed by atoms with Crippen LogP contribution in [0, 0.1) is 0 Å². The van der Waals surface area contributed by atoms with Crippen molar-refractivity contribution in [3.8, 4) is 0 Å². The highest BCUT2D eigenvalue weighted by molar-refractivity contribution is 8.00. The van der Waals surface area contributed by atoms with Crippen LogP contribution in [0.2, 0.25) is 0 Å². The van der Waals surface area contributed by atoms with Crippen LogP contribution in [-0.2, 0) is 4.79 Å². The highest BCUT2D eigenvalue weighted by Crippen LogP contribution is 2.36. The number of hydrogen-bond donors (Lipinski definition) is 1. The van der Waals surface area contributed by atoms with E-state index >= 15 is 0 Å². The zero-order valence-electron chi connectivity index (χ0n) is 16.3. The van der Waals surface area contributed by atoms with Gasteiger partial charge >= 0.3 is 0 Å². The Morgan fingerprint density at radius 2 is 1.69 bits per heavy atom. The van der Waals surface area contributed by atoms with Crippen LogP contribution in [0.15, 0.2) is 84.0 Å². The van der Waals surface area contributed by atoms with Gasteiger partial charge in [-0.15, -0.1) is 11.8 Å². The molecule has 1 unspecified atom stereocenters. The molecular formula is C23H22N4OS. The fourth-order valence-electron chi connectivity index (χ4n) is 3.13. The number of fused-ring (bicyclic) bond motifs is 1. The van der Waals surface area contributed by atoms with Crippen LogP contribution >= 0.6 is 11.8 Å². The fraction of sp³-hybridized carbons (Fsp3) is 0.174. The number of anilines is 1. The number of pyridine rings is 1. The van der Waals surface area contributed by atoms with Crippen LogP contribution in [-0.4, -0.2) is 20.7 Å². The van der Waals surface area contributed by atoms with Crippen molar-refractivity contribution in [2.45, 2.75) is 30.0 Å². The van der Waals surface area contributed by atoms with Gasteiger partial charge in [-0.1, -0.05) is 48.5 Å². The second-order valence-corrected chi connectivity index (χ2v) is 8.21. The van der Waals surface area contributed by atoms with Crippen molar-refractivity contribution in [1.82, 2.24) is 14.8 Å². The molecule has 29 heavy (non-hydrogen) atoms. The Morgan fingerprint density at radius 3 is 2.38 bits per heavy atom. The van der Waals surface area contributed by atoms with Gasteiger partial charge in [0.25, 0.3) is 0 Å². The van der Waals surface area contributed by atoms with Crippen LogP contribution in [0.3, 0.4) is 0 Å². The van der Waals surface area contributed by atoms with Gasteiger partial charge in [0.1, 0.15) is 5.25 Å². The van der Waals surface area contributed by atoms with Gasteiger partial charge in [-0.2, -0.15) is 5.10 Å². The summed E-state index contributed by atoms with van der Waals surface area (Å²) in [6, 6.07) is 21.9. The second kappa shape index (κ2) is 8.49. The maximum atomic E-state index is 13.2. The molecule has 0 aliphatic heterocycles. The molecule has 2 aromatic heterocycles. The average Bonchev–Trinajstić information content (AvgIpc) is 3.17. The quantitative estimate of drug-likeness (QED) is 0.434. The van der Waals surface area contributed by atoms with Gasteiger partial charge < -0.3 is 5.32 Å². The molecule has 0 saturated heterocycles. The van der Waals surface area contributed by atoms with Gasteiger partial charge in [-0.05, 0) is 37.6 Å². The largest absolute Gasteiger partial charge is 0.323 e. The number of carbonyl (C=O) groups is 1. The zero-order valence-corrected chi connectivity index (χ0v) is 17.1. The van der Waals surface area contributed by atoms with Gasteiger partial charge in [0.15, 0.2) is 5.65 Å². The van der Waals surface area contributed by atoms with Crippen molar-refractivity contribution in [2.75, 3.05) is 5.32 Å². The second-order valence-electron chi connectivity index (χ2n) is 7.03. The Labute approximate surface area is 174 Å². The number of nitrogens with zero attached hydrogens (tertiary/aromatic N) is 3. The highest BCUT2D eigenvalue weighted by Gasteiger charge is 2.22. The number of thioether (sulfide) groups is 1. The molecule has 0 aliphatic rings. The maximum absolute atomic E-state index is 13.2. The summed E-state index contributed by atoms with van der Waals surface area (Å²) in [7, 11) is 0. The molecule has 0 aliphatic carbocycles. The number of hydrogen-bond acceptors (Lipinski definition) is 4. The van der Waals surface area contributed by atoms with E-state index in [2.05, 4.69) is 29.2 Å². The third-order valence-corrected chi connectivity index (χ3v) is 5.79. The molecule has 4 aromatic rings. The van der Waals surface area contributed by atoms with Crippen molar-refractivity contribution in [1.29, 1.82) is 0 Å². The van der Waals surface area contributed by atoms with Crippen LogP contribution in [0.5, 0.6) is 0 Å². The molecule has 0 bridgehead atoms. The van der Waals surface area contributed by atoms with E-state index in [0.29, 0.717) is 5.69 Å². The van der Waals surface area contributed by atoms with Gasteiger partial charge in [0.05, 0.1) is 18.1 Å². The molecule has 1 N–H and O–H groups in total. The molecule has 0 saturated carbocycles. The average molecular weight is 403 g/mol. The number of rotatable bonds is 6. The summed E-state index contributed by atoms with van der Waals surface area (Å²) < 4.78 is 1.87. The van der Waals surface area contributed by atoms with E-state index in [1.165, 1.54) is 11.8 Å². The first-order valence-electron chi connectivity index (χ1n) is 9.52. The third-order valence-electron chi connectivity index (χ3n) is 4.53. The van der Waals surface area contributed by atoms with Gasteiger partial charge in [0.2, 0.25) is 5.91 Å². The molecule has 0 spiro atoms. The molecule has 5 nitrogen and oxygen atoms in total. The van der Waals surface area contributed by atoms with Gasteiger partial charge in [-0.3, -0.25) is 4.79 Å². The third kappa shape index (κ3) is 4.32. The van der Waals surface area contributed by atoms with E-state index in [4.69, 9.17) is 0 Å². The lowest BCUT2D eigenvalue weighted by molar-refractivity contribution is -0.115. The van der Waals surface area contributed by atoms with Crippen LogP contribution < -0.4 is 5.32 Å². The van der Waals surface area contributed by atoms with E-state index in [1.54, 1.807) is 12.4 Å². The lowest BCUT2D eigenvalue weighted by Crippen LogP contribution is -2.19. The van der Waals surface area contributed by atoms with Crippen molar-refractivity contribution < 1.29 is 4.79 Å². The van der Waals surface area contributed by atoms with E-state index in [0.717, 1.165) is 21.5 Å². The normalized spacial score (nSPS) is 12.2. The minimum absolute atomic E-state index is 0.0811. The SMILES string of the molecule is CC(C)n1ncc2cc(NC(=O)C(Sc3ccccc3)c3ccccc3)cnc21. The Hall–Kier alpha value is -3.12. The topological polar surface area (TPSA) is 59.8 Å². The smallest absolute Gasteiger partial charge is 0.242 e. The summed E-state index contributed by atoms with van der Waals surface area (Å²) in [6.45, 7) is 4.13. The first-order chi connectivity index (χ1) is 14.1. The molecule has 1 atom stereocenters. The summed E-state index contributed by atoms with van der Waals surface area (Å²) in [5, 5.41) is 7.96. The lowest BCUT2D eigenvalue weighted by atomic mass is 10.1. The zero-order chi connectivity index (χ0) is 20.2. The standard InChI is InChI=1S/C23H22N4OS/c1-16(2)27-22-18(14-25-27)13-19(15-24-22)26-23(28)21(17-9-5-3-6-10-17)29-20-11-7-4-8-12-20/h3-16,21H,1-2H3,(H,26,28). The van der Waals surface area contributed by atoms with E-state index in [9.17, 15) is 4.79 Å². The Kier molecular flexibility index (Phi) is 5.62. The summed E-state index contributed by atoms with van der Waals surface area (Å²) in [4.78, 5) is 18.7. The minimum atomic E-state index is -0.368. The molecule has 0 radical (unpaired) electrons. The number of carbonyl (C=O) groups excluding carboxylic acids is 1. The number of nitrogens with one attached hydrogen (secondary N) is 1. The van der Waals surface area contributed by atoms with Crippen LogP contribution in [0.1, 0.15) is 30.7 Å². The Bertz CT molecular complexity index is 1110. The number of benzene rings is 2. The summed E-state index contributed by atoms with van der Waals surface area (Å²) in [6.07, 6.45) is 3.47. The lowest BCUT2D eigenvalue weighted by Gasteiger charge is -2.17. The predicted molar refractivity (Wildman–Crippen MR) is 118 cm³/mol. The first-order valence-corrected chi connectivity index (χ1v) is 10.4. The first kappa shape index (κ1) is 19.2. The van der Waals surface area contributed by atoms with Gasteiger partial charge in [0, 0.05) is 16.3 Å². The van der Waals surface area contributed by atoms with Crippen molar-refractivity contribution in [3.05, 3.63) is 84.7 Å². The van der Waals surface area contributed by atoms with Crippen LogP contribution in [0.25, 0.3) is 11.0 Å². The predicted octanol–water partition coefficient (Wildman–Crippen LogP) is 5.48. The summed E-state index contributed by atoms with van der Waals surface area (Å²) in [5.74, 6) is -0.0811. The minimum Gasteiger partial charge on any atom is -0.323 e. The van der Waals surface area contributed by atoms with E-state index < -0.39 is 0 Å². The molecule has 4 rings (SSSR count). The maximum Gasteiger partial charge on any atom is 0.242 e. The number of amides is 1. The van der Waals surface area contributed by atoms with E-state index in [1.807, 2.05) is 71.4 Å². The number of aromatic nitrogens is 3. The molecule has 2 heterocycles. The molecular weight excluding hydrogens is 380 g/mol. The van der Waals surface area contributed by atoms with Gasteiger partial charge in [-0.25, -0.2) is 9.67 Å². The highest BCUT2D eigenvalue weighted by atomic mass is 32.2. The molecule has 0 fully saturated rings. The molecule has 1 amide bonds. The summed E-state index contributed by atoms with van der Waals surface area (Å²) in [5.41, 5.74) is 2.44. The molecule has 146 valence electrons. The van der Waals surface area contributed by atoms with Crippen molar-refractivity contribution in [3.63, 3.8) is 0 Å². The Morgan fingerprint density at radius 1 is 1.00 bits per heavy atom. The summed E-state index contributed by atoms with van der Waals surface area (Å²) >= 11 is 1.53. The monoisotopic (exact) mass is 402 g/mol. The fourth-order valence-corrected chi connectivity index (χ4v) is 4.18. The Balaban J connectivity index is 1.60. The van der Waals surface area contributed by atoms with Crippen molar-refractivity contribution in [2.24, 2.45) is 0 Å². The van der Waals surface area contributed by atoms with Crippen LogP contribution in [0.4, 0.5) is 5.69 Å². The van der Waals surface area contributed by atoms with Crippen molar-refractivity contribution >= 4 is 34.4 Å².